The Morgan fingerprint density at radius 2 is 1.58 bits per heavy atom. The molecule has 33 heavy (non-hydrogen) atoms. The number of alkyl halides is 3. The number of esters is 1. The minimum absolute atomic E-state index is 0.0421. The second-order valence-electron chi connectivity index (χ2n) is 7.07. The van der Waals surface area contributed by atoms with E-state index in [0.717, 1.165) is 17.0 Å². The van der Waals surface area contributed by atoms with Gasteiger partial charge in [-0.25, -0.2) is 0 Å². The summed E-state index contributed by atoms with van der Waals surface area (Å²) in [6, 6.07) is 20.2. The highest BCUT2D eigenvalue weighted by Crippen LogP contribution is 2.32. The number of amides is 1. The van der Waals surface area contributed by atoms with E-state index in [0.29, 0.717) is 17.1 Å². The predicted molar refractivity (Wildman–Crippen MR) is 117 cm³/mol. The Labute approximate surface area is 189 Å². The molecule has 0 aromatic heterocycles. The average molecular weight is 457 g/mol. The van der Waals surface area contributed by atoms with Crippen molar-refractivity contribution in [2.24, 2.45) is 0 Å². The quantitative estimate of drug-likeness (QED) is 0.411. The zero-order chi connectivity index (χ0) is 23.8. The van der Waals surface area contributed by atoms with Crippen molar-refractivity contribution in [3.05, 3.63) is 90.0 Å². The molecule has 0 spiro atoms. The summed E-state index contributed by atoms with van der Waals surface area (Å²) in [4.78, 5) is 26.1. The number of hydrogen-bond donors (Lipinski definition) is 0. The molecule has 1 amide bonds. The average Bonchev–Trinajstić information content (AvgIpc) is 2.78. The molecular weight excluding hydrogens is 435 g/mol. The van der Waals surface area contributed by atoms with Gasteiger partial charge >= 0.3 is 12.1 Å². The molecule has 0 saturated heterocycles. The van der Waals surface area contributed by atoms with Crippen LogP contribution < -0.4 is 9.64 Å². The first-order valence-corrected chi connectivity index (χ1v) is 10.2. The van der Waals surface area contributed by atoms with Crippen molar-refractivity contribution in [2.75, 3.05) is 18.1 Å². The van der Waals surface area contributed by atoms with Crippen molar-refractivity contribution in [3.63, 3.8) is 0 Å². The topological polar surface area (TPSA) is 55.8 Å². The molecular formula is C25H22F3NO4. The van der Waals surface area contributed by atoms with Gasteiger partial charge in [-0.05, 0) is 55.0 Å². The molecule has 0 radical (unpaired) electrons. The van der Waals surface area contributed by atoms with Gasteiger partial charge in [0, 0.05) is 5.69 Å². The van der Waals surface area contributed by atoms with E-state index in [1.807, 2.05) is 18.2 Å². The number of halogens is 3. The van der Waals surface area contributed by atoms with Gasteiger partial charge in [-0.1, -0.05) is 36.4 Å². The van der Waals surface area contributed by atoms with Crippen LogP contribution in [0.25, 0.3) is 0 Å². The van der Waals surface area contributed by atoms with Gasteiger partial charge in [0.2, 0.25) is 5.91 Å². The summed E-state index contributed by atoms with van der Waals surface area (Å²) in [7, 11) is 0. The molecule has 3 aromatic carbocycles. The molecule has 0 bridgehead atoms. The number of para-hydroxylation sites is 1. The van der Waals surface area contributed by atoms with Crippen LogP contribution in [0.2, 0.25) is 0 Å². The number of carbonyl (C=O) groups is 2. The summed E-state index contributed by atoms with van der Waals surface area (Å²) in [5.41, 5.74) is -0.381. The lowest BCUT2D eigenvalue weighted by Crippen LogP contribution is -2.37. The fraction of sp³-hybridized carbons (Fsp3) is 0.200. The van der Waals surface area contributed by atoms with E-state index >= 15 is 0 Å². The molecule has 8 heteroatoms. The first-order valence-electron chi connectivity index (χ1n) is 10.2. The van der Waals surface area contributed by atoms with Crippen LogP contribution >= 0.6 is 0 Å². The summed E-state index contributed by atoms with van der Waals surface area (Å²) < 4.78 is 50.2. The minimum Gasteiger partial charge on any atom is -0.465 e. The highest BCUT2D eigenvalue weighted by atomic mass is 19.4. The van der Waals surface area contributed by atoms with Crippen molar-refractivity contribution < 1.29 is 32.2 Å². The first-order chi connectivity index (χ1) is 15.8. The van der Waals surface area contributed by atoms with E-state index in [-0.39, 0.29) is 18.7 Å². The number of carbonyl (C=O) groups excluding carboxylic acids is 2. The fourth-order valence-corrected chi connectivity index (χ4v) is 3.12. The van der Waals surface area contributed by atoms with Gasteiger partial charge in [0.25, 0.3) is 0 Å². The highest BCUT2D eigenvalue weighted by molar-refractivity contribution is 5.98. The second kappa shape index (κ2) is 10.7. The Hall–Kier alpha value is -3.81. The predicted octanol–water partition coefficient (Wildman–Crippen LogP) is 5.64. The Morgan fingerprint density at radius 3 is 2.27 bits per heavy atom. The molecule has 0 atom stereocenters. The molecule has 0 saturated carbocycles. The fourth-order valence-electron chi connectivity index (χ4n) is 3.12. The molecule has 0 fully saturated rings. The van der Waals surface area contributed by atoms with Crippen LogP contribution in [-0.4, -0.2) is 25.0 Å². The Morgan fingerprint density at radius 1 is 0.879 bits per heavy atom. The van der Waals surface area contributed by atoms with Gasteiger partial charge < -0.3 is 14.4 Å². The number of nitrogens with zero attached hydrogens (tertiary/aromatic N) is 1. The SMILES string of the molecule is CCOC(=O)CN(C(=O)Cc1cccc(Oc2ccccc2)c1)c1cccc(C(F)(F)F)c1. The molecule has 172 valence electrons. The van der Waals surface area contributed by atoms with E-state index in [1.54, 1.807) is 43.3 Å². The van der Waals surface area contributed by atoms with Crippen molar-refractivity contribution >= 4 is 17.6 Å². The van der Waals surface area contributed by atoms with Crippen molar-refractivity contribution in [3.8, 4) is 11.5 Å². The normalized spacial score (nSPS) is 11.0. The standard InChI is InChI=1S/C25H22F3NO4/c1-2-32-24(31)17-29(20-10-7-9-19(16-20)25(26,27)28)23(30)15-18-8-6-13-22(14-18)33-21-11-4-3-5-12-21/h3-14,16H,2,15,17H2,1H3. The summed E-state index contributed by atoms with van der Waals surface area (Å²) >= 11 is 0. The van der Waals surface area contributed by atoms with Crippen LogP contribution in [0, 0.1) is 0 Å². The molecule has 3 rings (SSSR count). The number of anilines is 1. The maximum Gasteiger partial charge on any atom is 0.416 e. The van der Waals surface area contributed by atoms with Crippen molar-refractivity contribution in [2.45, 2.75) is 19.5 Å². The Balaban J connectivity index is 1.83. The molecule has 0 heterocycles. The smallest absolute Gasteiger partial charge is 0.416 e. The van der Waals surface area contributed by atoms with Crippen LogP contribution in [0.15, 0.2) is 78.9 Å². The summed E-state index contributed by atoms with van der Waals surface area (Å²) in [5, 5.41) is 0. The Kier molecular flexibility index (Phi) is 7.71. The van der Waals surface area contributed by atoms with E-state index in [4.69, 9.17) is 9.47 Å². The Bertz CT molecular complexity index is 1100. The van der Waals surface area contributed by atoms with E-state index in [1.165, 1.54) is 12.1 Å². The first kappa shape index (κ1) is 23.8. The van der Waals surface area contributed by atoms with E-state index in [2.05, 4.69) is 0 Å². The van der Waals surface area contributed by atoms with Crippen LogP contribution in [0.1, 0.15) is 18.1 Å². The lowest BCUT2D eigenvalue weighted by atomic mass is 10.1. The number of benzene rings is 3. The van der Waals surface area contributed by atoms with Crippen molar-refractivity contribution in [1.82, 2.24) is 0 Å². The maximum absolute atomic E-state index is 13.2. The van der Waals surface area contributed by atoms with E-state index < -0.39 is 30.2 Å². The third kappa shape index (κ3) is 6.83. The van der Waals surface area contributed by atoms with Gasteiger partial charge in [0.1, 0.15) is 18.0 Å². The van der Waals surface area contributed by atoms with Crippen molar-refractivity contribution in [1.29, 1.82) is 0 Å². The molecule has 0 N–H and O–H groups in total. The number of rotatable bonds is 8. The summed E-state index contributed by atoms with van der Waals surface area (Å²) in [6.45, 7) is 1.18. The second-order valence-corrected chi connectivity index (χ2v) is 7.07. The third-order valence-electron chi connectivity index (χ3n) is 4.61. The molecule has 0 aliphatic heterocycles. The third-order valence-corrected chi connectivity index (χ3v) is 4.61. The minimum atomic E-state index is -4.59. The number of hydrogen-bond acceptors (Lipinski definition) is 4. The van der Waals surface area contributed by atoms with Gasteiger partial charge in [-0.15, -0.1) is 0 Å². The molecule has 5 nitrogen and oxygen atoms in total. The maximum atomic E-state index is 13.2. The van der Waals surface area contributed by atoms with Crippen LogP contribution in [0.4, 0.5) is 18.9 Å². The van der Waals surface area contributed by atoms with Gasteiger partial charge in [-0.3, -0.25) is 9.59 Å². The van der Waals surface area contributed by atoms with Crippen LogP contribution in [-0.2, 0) is 26.9 Å². The molecule has 3 aromatic rings. The van der Waals surface area contributed by atoms with Gasteiger partial charge in [-0.2, -0.15) is 13.2 Å². The monoisotopic (exact) mass is 457 g/mol. The largest absolute Gasteiger partial charge is 0.465 e. The van der Waals surface area contributed by atoms with E-state index in [9.17, 15) is 22.8 Å². The molecule has 0 aliphatic carbocycles. The zero-order valence-corrected chi connectivity index (χ0v) is 17.8. The molecule has 0 unspecified atom stereocenters. The molecule has 0 aliphatic rings. The lowest BCUT2D eigenvalue weighted by molar-refractivity contribution is -0.142. The lowest BCUT2D eigenvalue weighted by Gasteiger charge is -2.23. The van der Waals surface area contributed by atoms with Gasteiger partial charge in [0.05, 0.1) is 18.6 Å². The summed E-state index contributed by atoms with van der Waals surface area (Å²) in [6.07, 6.45) is -4.74. The zero-order valence-electron chi connectivity index (χ0n) is 17.8. The van der Waals surface area contributed by atoms with Crippen LogP contribution in [0.5, 0.6) is 11.5 Å². The van der Waals surface area contributed by atoms with Crippen LogP contribution in [0.3, 0.4) is 0 Å². The summed E-state index contributed by atoms with van der Waals surface area (Å²) in [5.74, 6) is -0.153. The van der Waals surface area contributed by atoms with Gasteiger partial charge in [0.15, 0.2) is 0 Å². The highest BCUT2D eigenvalue weighted by Gasteiger charge is 2.31. The number of ether oxygens (including phenoxy) is 2.